The van der Waals surface area contributed by atoms with Gasteiger partial charge in [-0.25, -0.2) is 22.3 Å². The van der Waals surface area contributed by atoms with E-state index in [2.05, 4.69) is 4.72 Å². The number of nitrogens with one attached hydrogen (secondary N) is 1. The van der Waals surface area contributed by atoms with Crippen molar-refractivity contribution in [3.8, 4) is 5.75 Å². The summed E-state index contributed by atoms with van der Waals surface area (Å²) in [4.78, 5) is 11.3. The van der Waals surface area contributed by atoms with Gasteiger partial charge in [0.1, 0.15) is 18.2 Å². The Hall–Kier alpha value is -3.23. The van der Waals surface area contributed by atoms with Gasteiger partial charge in [-0.1, -0.05) is 24.3 Å². The fourth-order valence-electron chi connectivity index (χ4n) is 3.12. The highest BCUT2D eigenvalue weighted by Gasteiger charge is 2.19. The highest BCUT2D eigenvalue weighted by atomic mass is 32.2. The number of aryl methyl sites for hydroxylation is 1. The summed E-state index contributed by atoms with van der Waals surface area (Å²) in [6, 6.07) is 16.0. The van der Waals surface area contributed by atoms with E-state index >= 15 is 0 Å². The number of rotatable bonds is 9. The fourth-order valence-corrected chi connectivity index (χ4v) is 4.26. The lowest BCUT2D eigenvalue weighted by atomic mass is 10.0. The molecule has 32 heavy (non-hydrogen) atoms. The summed E-state index contributed by atoms with van der Waals surface area (Å²) in [6.07, 6.45) is 0.452. The molecule has 0 heterocycles. The zero-order chi connectivity index (χ0) is 23.3. The molecule has 0 aromatic heterocycles. The number of aromatic carboxylic acids is 1. The van der Waals surface area contributed by atoms with E-state index in [9.17, 15) is 22.7 Å². The molecule has 0 aliphatic rings. The minimum absolute atomic E-state index is 0. The second-order valence-corrected chi connectivity index (χ2v) is 9.19. The van der Waals surface area contributed by atoms with Gasteiger partial charge in [0, 0.05) is 7.97 Å². The molecule has 0 spiro atoms. The predicted molar refractivity (Wildman–Crippen MR) is 121 cm³/mol. The summed E-state index contributed by atoms with van der Waals surface area (Å²) < 4.78 is 46.4. The average Bonchev–Trinajstić information content (AvgIpc) is 2.75. The Bertz CT molecular complexity index is 1210. The predicted octanol–water partition coefficient (Wildman–Crippen LogP) is 4.49. The van der Waals surface area contributed by atoms with E-state index in [0.29, 0.717) is 29.9 Å². The number of hydrogen-bond donors (Lipinski definition) is 2. The van der Waals surface area contributed by atoms with Crippen LogP contribution in [0.4, 0.5) is 4.39 Å². The average molecular weight is 460 g/mol. The normalized spacial score (nSPS) is 11.3. The third kappa shape index (κ3) is 5.93. The third-order valence-corrected chi connectivity index (χ3v) is 6.57. The molecule has 0 fully saturated rings. The van der Waals surface area contributed by atoms with E-state index < -0.39 is 16.0 Å². The molecule has 6 nitrogen and oxygen atoms in total. The zero-order valence-electron chi connectivity index (χ0n) is 17.8. The van der Waals surface area contributed by atoms with Gasteiger partial charge in [0.15, 0.2) is 0 Å². The van der Waals surface area contributed by atoms with E-state index in [1.54, 1.807) is 38.1 Å². The van der Waals surface area contributed by atoms with Crippen LogP contribution in [0.1, 0.15) is 34.0 Å². The van der Waals surface area contributed by atoms with Gasteiger partial charge < -0.3 is 9.84 Å². The van der Waals surface area contributed by atoms with Gasteiger partial charge in [-0.05, 0) is 78.9 Å². The third-order valence-electron chi connectivity index (χ3n) is 5.13. The Morgan fingerprint density at radius 1 is 1.03 bits per heavy atom. The molecule has 0 amide bonds. The largest absolute Gasteiger partial charge is 0.489 e. The van der Waals surface area contributed by atoms with Crippen molar-refractivity contribution in [2.24, 2.45) is 0 Å². The van der Waals surface area contributed by atoms with Crippen molar-refractivity contribution in [1.82, 2.24) is 4.72 Å². The molecule has 0 bridgehead atoms. The van der Waals surface area contributed by atoms with Crippen molar-refractivity contribution in [2.75, 3.05) is 6.54 Å². The molecule has 3 aromatic rings. The summed E-state index contributed by atoms with van der Waals surface area (Å²) in [5, 5.41) is 9.30. The van der Waals surface area contributed by atoms with Gasteiger partial charge >= 0.3 is 5.97 Å². The van der Waals surface area contributed by atoms with E-state index in [1.807, 2.05) is 12.1 Å². The molecular weight excluding hydrogens is 433 g/mol. The monoisotopic (exact) mass is 459 g/mol. The molecule has 0 aliphatic carbocycles. The van der Waals surface area contributed by atoms with E-state index in [0.717, 1.165) is 11.1 Å². The first kappa shape index (κ1) is 23.4. The first-order valence-corrected chi connectivity index (χ1v) is 11.4. The molecule has 0 atom stereocenters. The van der Waals surface area contributed by atoms with Crippen LogP contribution in [0.15, 0.2) is 65.6 Å². The van der Waals surface area contributed by atoms with Gasteiger partial charge in [-0.15, -0.1) is 0 Å². The van der Waals surface area contributed by atoms with Crippen LogP contribution in [-0.4, -0.2) is 26.0 Å². The summed E-state index contributed by atoms with van der Waals surface area (Å²) in [5.74, 6) is -0.812. The lowest BCUT2D eigenvalue weighted by Gasteiger charge is -2.11. The molecule has 2 N–H and O–H groups in total. The molecule has 8 heteroatoms. The molecule has 0 saturated carbocycles. The highest BCUT2D eigenvalue weighted by Crippen LogP contribution is 2.20. The van der Waals surface area contributed by atoms with Crippen LogP contribution in [-0.2, 0) is 23.1 Å². The molecule has 0 unspecified atom stereocenters. The number of hydrogen-bond acceptors (Lipinski definition) is 4. The van der Waals surface area contributed by atoms with Crippen molar-refractivity contribution >= 4 is 16.0 Å². The van der Waals surface area contributed by atoms with Crippen molar-refractivity contribution < 1.29 is 28.9 Å². The Morgan fingerprint density at radius 3 is 2.28 bits per heavy atom. The molecule has 0 aliphatic heterocycles. The van der Waals surface area contributed by atoms with Crippen LogP contribution in [0, 0.1) is 19.7 Å². The minimum atomic E-state index is -3.84. The van der Waals surface area contributed by atoms with Crippen LogP contribution in [0.2, 0.25) is 0 Å². The maximum Gasteiger partial charge on any atom is 0.336 e. The zero-order valence-corrected chi connectivity index (χ0v) is 18.6. The van der Waals surface area contributed by atoms with Crippen LogP contribution >= 0.6 is 0 Å². The summed E-state index contributed by atoms with van der Waals surface area (Å²) in [5.41, 5.74) is 2.87. The van der Waals surface area contributed by atoms with Crippen molar-refractivity contribution in [3.05, 3.63) is 94.3 Å². The molecule has 170 valence electrons. The van der Waals surface area contributed by atoms with Crippen LogP contribution < -0.4 is 9.46 Å². The molecule has 0 saturated heterocycles. The van der Waals surface area contributed by atoms with Gasteiger partial charge in [-0.3, -0.25) is 0 Å². The maximum atomic E-state index is 12.9. The first-order chi connectivity index (χ1) is 15.2. The molecule has 3 rings (SSSR count). The van der Waals surface area contributed by atoms with Gasteiger partial charge in [0.2, 0.25) is 10.0 Å². The summed E-state index contributed by atoms with van der Waals surface area (Å²) >= 11 is 0. The van der Waals surface area contributed by atoms with E-state index in [4.69, 9.17) is 4.74 Å². The standard InChI is InChI=1S/C24H24FNO5S.H2/c1-16-13-22(14-23(17(16)2)24(27)28)32(29,30)26-12-11-18-5-9-21(10-6-18)31-15-19-3-7-20(25)8-4-19;/h3-10,13-14,26H,11-12,15H2,1-2H3,(H,27,28);1H. The maximum absolute atomic E-state index is 12.9. The Kier molecular flexibility index (Phi) is 7.27. The summed E-state index contributed by atoms with van der Waals surface area (Å²) in [6.45, 7) is 3.80. The van der Waals surface area contributed by atoms with Crippen LogP contribution in [0.5, 0.6) is 5.75 Å². The number of sulfonamides is 1. The Balaban J connectivity index is 0.00000385. The number of benzene rings is 3. The highest BCUT2D eigenvalue weighted by molar-refractivity contribution is 7.89. The van der Waals surface area contributed by atoms with E-state index in [1.165, 1.54) is 24.3 Å². The Morgan fingerprint density at radius 2 is 1.66 bits per heavy atom. The SMILES string of the molecule is Cc1cc(S(=O)(=O)NCCc2ccc(OCc3ccc(F)cc3)cc2)cc(C(=O)O)c1C.[HH]. The molecule has 3 aromatic carbocycles. The number of carboxylic acids is 1. The van der Waals surface area contributed by atoms with Gasteiger partial charge in [-0.2, -0.15) is 0 Å². The van der Waals surface area contributed by atoms with Crippen LogP contribution in [0.25, 0.3) is 0 Å². The fraction of sp³-hybridized carbons (Fsp3) is 0.208. The van der Waals surface area contributed by atoms with Crippen molar-refractivity contribution in [3.63, 3.8) is 0 Å². The second-order valence-electron chi connectivity index (χ2n) is 7.42. The lowest BCUT2D eigenvalue weighted by molar-refractivity contribution is 0.0695. The quantitative estimate of drug-likeness (QED) is 0.492. The smallest absolute Gasteiger partial charge is 0.336 e. The van der Waals surface area contributed by atoms with E-state index in [-0.39, 0.29) is 24.2 Å². The molecular formula is C24H26FNO5S. The number of ether oxygens (including phenoxy) is 1. The van der Waals surface area contributed by atoms with Crippen molar-refractivity contribution in [1.29, 1.82) is 0 Å². The molecule has 0 radical (unpaired) electrons. The number of carboxylic acid groups (broad SMARTS) is 1. The summed E-state index contributed by atoms with van der Waals surface area (Å²) in [7, 11) is -3.84. The van der Waals surface area contributed by atoms with Crippen LogP contribution in [0.3, 0.4) is 0 Å². The minimum Gasteiger partial charge on any atom is -0.489 e. The van der Waals surface area contributed by atoms with Gasteiger partial charge in [0.25, 0.3) is 0 Å². The number of carbonyl (C=O) groups is 1. The second kappa shape index (κ2) is 9.93. The lowest BCUT2D eigenvalue weighted by Crippen LogP contribution is -2.26. The van der Waals surface area contributed by atoms with Crippen molar-refractivity contribution in [2.45, 2.75) is 31.8 Å². The van der Waals surface area contributed by atoms with Gasteiger partial charge in [0.05, 0.1) is 10.5 Å². The Labute approximate surface area is 188 Å². The first-order valence-electron chi connectivity index (χ1n) is 9.96. The number of halogens is 1. The topological polar surface area (TPSA) is 92.7 Å².